The maximum absolute atomic E-state index is 2.48. The van der Waals surface area contributed by atoms with Crippen LogP contribution in [0.15, 0.2) is 189 Å². The molecule has 0 N–H and O–H groups in total. The lowest BCUT2D eigenvalue weighted by atomic mass is 10.1. The molecular formula is C48H28S5. The molecule has 0 unspecified atom stereocenters. The van der Waals surface area contributed by atoms with Crippen molar-refractivity contribution in [2.75, 3.05) is 0 Å². The van der Waals surface area contributed by atoms with Crippen molar-refractivity contribution in [3.05, 3.63) is 170 Å². The van der Waals surface area contributed by atoms with Crippen molar-refractivity contribution in [3.8, 4) is 0 Å². The van der Waals surface area contributed by atoms with Gasteiger partial charge in [-0.2, -0.15) is 0 Å². The average Bonchev–Trinajstić information content (AvgIpc) is 3.99. The Kier molecular flexibility index (Phi) is 6.60. The molecule has 4 heterocycles. The van der Waals surface area contributed by atoms with Crippen LogP contribution >= 0.6 is 55.4 Å². The van der Waals surface area contributed by atoms with Crippen LogP contribution in [0.4, 0.5) is 0 Å². The van der Waals surface area contributed by atoms with Crippen LogP contribution in [0.2, 0.25) is 0 Å². The fourth-order valence-electron chi connectivity index (χ4n) is 8.56. The van der Waals surface area contributed by atoms with Crippen molar-refractivity contribution >= 4 is 136 Å². The third-order valence-corrected chi connectivity index (χ3v) is 20.2. The van der Waals surface area contributed by atoms with Crippen LogP contribution in [-0.2, 0) is 0 Å². The molecule has 53 heavy (non-hydrogen) atoms. The highest BCUT2D eigenvalue weighted by Crippen LogP contribution is 2.79. The molecule has 8 aromatic carbocycles. The molecule has 4 aromatic heterocycles. The smallest absolute Gasteiger partial charge is 0.0485 e. The first-order valence-electron chi connectivity index (χ1n) is 17.7. The number of fused-ring (bicyclic) bond motifs is 12. The van der Waals surface area contributed by atoms with E-state index in [4.69, 9.17) is 0 Å². The summed E-state index contributed by atoms with van der Waals surface area (Å²) in [6, 6.07) is 64.6. The number of hydrogen-bond acceptors (Lipinski definition) is 4. The van der Waals surface area contributed by atoms with Crippen molar-refractivity contribution < 1.29 is 0 Å². The van der Waals surface area contributed by atoms with Gasteiger partial charge in [-0.05, 0) is 48.5 Å². The van der Waals surface area contributed by atoms with E-state index < -0.39 is 10.0 Å². The van der Waals surface area contributed by atoms with Crippen molar-refractivity contribution in [1.29, 1.82) is 0 Å². The second-order valence-corrected chi connectivity index (χ2v) is 20.7. The van der Waals surface area contributed by atoms with Crippen LogP contribution < -0.4 is 0 Å². The highest BCUT2D eigenvalue weighted by atomic mass is 32.3. The van der Waals surface area contributed by atoms with E-state index in [0.29, 0.717) is 0 Å². The number of benzene rings is 8. The minimum Gasteiger partial charge on any atom is -0.134 e. The van der Waals surface area contributed by atoms with Crippen LogP contribution in [0.5, 0.6) is 0 Å². The van der Waals surface area contributed by atoms with Gasteiger partial charge in [-0.25, -0.2) is 0 Å². The van der Waals surface area contributed by atoms with Gasteiger partial charge in [0.25, 0.3) is 0 Å². The zero-order valence-electron chi connectivity index (χ0n) is 28.2. The molecule has 0 bridgehead atoms. The first-order chi connectivity index (χ1) is 26.3. The molecule has 0 saturated heterocycles. The predicted molar refractivity (Wildman–Crippen MR) is 238 cm³/mol. The summed E-state index contributed by atoms with van der Waals surface area (Å²) in [6.45, 7) is 0. The second-order valence-electron chi connectivity index (χ2n) is 13.5. The van der Waals surface area contributed by atoms with E-state index in [2.05, 4.69) is 170 Å². The molecule has 0 spiro atoms. The largest absolute Gasteiger partial charge is 0.134 e. The predicted octanol–water partition coefficient (Wildman–Crippen LogP) is 16.5. The fourth-order valence-corrected chi connectivity index (χ4v) is 19.1. The molecule has 0 aliphatic rings. The molecule has 0 amide bonds. The van der Waals surface area contributed by atoms with Gasteiger partial charge in [0.1, 0.15) is 0 Å². The van der Waals surface area contributed by atoms with Crippen molar-refractivity contribution in [1.82, 2.24) is 0 Å². The summed E-state index contributed by atoms with van der Waals surface area (Å²) in [6.07, 6.45) is 0. The van der Waals surface area contributed by atoms with E-state index in [0.717, 1.165) is 0 Å². The quantitative estimate of drug-likeness (QED) is 0.167. The Hall–Kier alpha value is -5.01. The maximum atomic E-state index is 2.48. The summed E-state index contributed by atoms with van der Waals surface area (Å²) >= 11 is 7.85. The summed E-state index contributed by atoms with van der Waals surface area (Å²) in [4.78, 5) is 5.71. The lowest BCUT2D eigenvalue weighted by molar-refractivity contribution is 1.34. The van der Waals surface area contributed by atoms with Crippen LogP contribution in [0, 0.1) is 0 Å². The monoisotopic (exact) mass is 764 g/mol. The Bertz CT molecular complexity index is 2960. The standard InChI is InChI=1S/C48H28S5/c1-5-21-37-29(13-1)33-17-9-25-41(45(33)49-37)53(42-26-10-18-34-30-14-2-6-22-38(30)50-46(34)42,43-27-11-19-35-31-15-3-7-23-39(31)51-47(35)43)44-28-12-20-36-32-16-4-8-24-40(32)52-48(36)44/h1-28H. The molecule has 0 fully saturated rings. The summed E-state index contributed by atoms with van der Waals surface area (Å²) < 4.78 is 10.9. The number of thiophene rings is 4. The van der Waals surface area contributed by atoms with Gasteiger partial charge in [0.05, 0.1) is 0 Å². The molecule has 0 atom stereocenters. The third-order valence-electron chi connectivity index (χ3n) is 10.8. The molecule has 0 radical (unpaired) electrons. The Labute approximate surface area is 323 Å². The first kappa shape index (κ1) is 30.5. The van der Waals surface area contributed by atoms with Crippen LogP contribution in [0.3, 0.4) is 0 Å². The Morgan fingerprint density at radius 3 is 0.717 bits per heavy atom. The number of hydrogen-bond donors (Lipinski definition) is 0. The lowest BCUT2D eigenvalue weighted by Gasteiger charge is -2.43. The highest BCUT2D eigenvalue weighted by molar-refractivity contribution is 8.34. The summed E-state index contributed by atoms with van der Waals surface area (Å²) in [5.74, 6) is 0. The molecular weight excluding hydrogens is 737 g/mol. The molecule has 250 valence electrons. The second kappa shape index (κ2) is 11.5. The normalized spacial score (nSPS) is 12.8. The van der Waals surface area contributed by atoms with Gasteiger partial charge in [0, 0.05) is 100 Å². The van der Waals surface area contributed by atoms with Gasteiger partial charge in [-0.3, -0.25) is 0 Å². The van der Waals surface area contributed by atoms with E-state index in [-0.39, 0.29) is 0 Å². The zero-order chi connectivity index (χ0) is 34.7. The number of rotatable bonds is 4. The topological polar surface area (TPSA) is 0 Å². The molecule has 0 nitrogen and oxygen atoms in total. The van der Waals surface area contributed by atoms with Crippen molar-refractivity contribution in [2.45, 2.75) is 19.6 Å². The van der Waals surface area contributed by atoms with E-state index >= 15 is 0 Å². The van der Waals surface area contributed by atoms with E-state index in [9.17, 15) is 0 Å². The molecule has 12 aromatic rings. The Balaban J connectivity index is 1.38. The Morgan fingerprint density at radius 2 is 0.453 bits per heavy atom. The van der Waals surface area contributed by atoms with Gasteiger partial charge in [0.2, 0.25) is 0 Å². The van der Waals surface area contributed by atoms with Crippen molar-refractivity contribution in [2.24, 2.45) is 0 Å². The molecule has 0 aliphatic carbocycles. The van der Waals surface area contributed by atoms with E-state index in [1.165, 1.54) is 100 Å². The lowest BCUT2D eigenvalue weighted by Crippen LogP contribution is -2.06. The van der Waals surface area contributed by atoms with Gasteiger partial charge >= 0.3 is 0 Å². The molecule has 12 rings (SSSR count). The maximum Gasteiger partial charge on any atom is 0.0485 e. The third kappa shape index (κ3) is 4.17. The summed E-state index contributed by atoms with van der Waals surface area (Å²) in [7, 11) is -2.17. The Morgan fingerprint density at radius 1 is 0.226 bits per heavy atom. The highest BCUT2D eigenvalue weighted by Gasteiger charge is 2.40. The van der Waals surface area contributed by atoms with Crippen LogP contribution in [0.1, 0.15) is 0 Å². The van der Waals surface area contributed by atoms with Gasteiger partial charge in [-0.1, -0.05) is 121 Å². The van der Waals surface area contributed by atoms with Crippen molar-refractivity contribution in [3.63, 3.8) is 0 Å². The summed E-state index contributed by atoms with van der Waals surface area (Å²) in [5.41, 5.74) is 0. The average molecular weight is 765 g/mol. The van der Waals surface area contributed by atoms with Crippen LogP contribution in [0.25, 0.3) is 80.7 Å². The minimum absolute atomic E-state index is 1.34. The van der Waals surface area contributed by atoms with Gasteiger partial charge in [0.15, 0.2) is 0 Å². The fraction of sp³-hybridized carbons (Fsp3) is 0. The van der Waals surface area contributed by atoms with E-state index in [1.807, 2.05) is 45.3 Å². The van der Waals surface area contributed by atoms with Gasteiger partial charge in [-0.15, -0.1) is 55.4 Å². The molecule has 0 aliphatic heterocycles. The SMILES string of the molecule is c1ccc2c(c1)sc1c(S(c3cccc4c3sc3ccccc34)(c3cccc4c3sc3ccccc34)c3cccc4c3sc3ccccc34)cccc12. The molecule has 0 saturated carbocycles. The first-order valence-corrected chi connectivity index (χ1v) is 22.6. The minimum atomic E-state index is -2.17. The molecule has 5 heteroatoms. The van der Waals surface area contributed by atoms with Crippen LogP contribution in [-0.4, -0.2) is 0 Å². The van der Waals surface area contributed by atoms with Gasteiger partial charge < -0.3 is 0 Å². The van der Waals surface area contributed by atoms with E-state index in [1.54, 1.807) is 0 Å². The zero-order valence-corrected chi connectivity index (χ0v) is 32.3. The summed E-state index contributed by atoms with van der Waals surface area (Å²) in [5, 5.41) is 10.7.